The lowest BCUT2D eigenvalue weighted by atomic mass is 9.47. The number of rotatable bonds is 14. The van der Waals surface area contributed by atoms with Crippen LogP contribution in [0.5, 0.6) is 0 Å². The van der Waals surface area contributed by atoms with Gasteiger partial charge in [0.05, 0.1) is 19.1 Å². The summed E-state index contributed by atoms with van der Waals surface area (Å²) in [7, 11) is 4.73. The molecule has 2 fully saturated rings. The number of carbonyl (C=O) groups is 5. The van der Waals surface area contributed by atoms with Crippen LogP contribution in [0.3, 0.4) is 0 Å². The van der Waals surface area contributed by atoms with E-state index in [1.807, 2.05) is 16.2 Å². The minimum Gasteiger partial charge on any atom is -0.466 e. The number of fused-ring (bicyclic) bond motifs is 3. The van der Waals surface area contributed by atoms with E-state index in [0.29, 0.717) is 36.8 Å². The van der Waals surface area contributed by atoms with Crippen LogP contribution < -0.4 is 0 Å². The van der Waals surface area contributed by atoms with E-state index in [9.17, 15) is 39.3 Å². The van der Waals surface area contributed by atoms with E-state index >= 15 is 0 Å². The lowest BCUT2D eigenvalue weighted by molar-refractivity contribution is -0.228. The maximum Gasteiger partial charge on any atom is 0.335 e. The van der Waals surface area contributed by atoms with Crippen molar-refractivity contribution in [1.82, 2.24) is 0 Å². The molecule has 3 aliphatic carbocycles. The van der Waals surface area contributed by atoms with Crippen LogP contribution in [0.1, 0.15) is 93.9 Å². The Kier molecular flexibility index (Phi) is 15.3. The van der Waals surface area contributed by atoms with Gasteiger partial charge in [-0.2, -0.15) is 0 Å². The molecule has 0 aliphatic heterocycles. The van der Waals surface area contributed by atoms with E-state index in [0.717, 1.165) is 0 Å². The predicted molar refractivity (Wildman–Crippen MR) is 201 cm³/mol. The Labute approximate surface area is 317 Å². The number of aliphatic hydroxyl groups excluding tert-OH is 2. The highest BCUT2D eigenvalue weighted by Gasteiger charge is 2.69. The van der Waals surface area contributed by atoms with Crippen molar-refractivity contribution in [2.45, 2.75) is 136 Å². The van der Waals surface area contributed by atoms with Crippen LogP contribution in [-0.4, -0.2) is 99.9 Å². The monoisotopic (exact) mass is 786 g/mol. The van der Waals surface area contributed by atoms with Gasteiger partial charge in [-0.3, -0.25) is 14.4 Å². The lowest BCUT2D eigenvalue weighted by Gasteiger charge is -2.64. The smallest absolute Gasteiger partial charge is 0.335 e. The van der Waals surface area contributed by atoms with Gasteiger partial charge in [-0.05, 0) is 64.8 Å². The maximum absolute atomic E-state index is 13.8. The molecule has 0 spiro atoms. The Morgan fingerprint density at radius 3 is 2.21 bits per heavy atom. The Balaban J connectivity index is 2.19. The second kappa shape index (κ2) is 18.0. The van der Waals surface area contributed by atoms with Crippen molar-refractivity contribution in [2.24, 2.45) is 34.5 Å². The molecule has 0 heterocycles. The first-order valence-corrected chi connectivity index (χ1v) is 19.6. The maximum atomic E-state index is 13.8. The number of hydrogen-bond donors (Lipinski definition) is 3. The summed E-state index contributed by atoms with van der Waals surface area (Å²) >= 11 is 0. The summed E-state index contributed by atoms with van der Waals surface area (Å²) in [5, 5.41) is 36.5. The quantitative estimate of drug-likeness (QED) is 0.0737. The first-order chi connectivity index (χ1) is 24.5. The third-order valence-corrected chi connectivity index (χ3v) is 13.3. The molecular weight excluding hydrogens is 726 g/mol. The Hall–Kier alpha value is -2.43. The van der Waals surface area contributed by atoms with Crippen LogP contribution in [0, 0.1) is 34.5 Å². The molecule has 2 bridgehead atoms. The van der Waals surface area contributed by atoms with Crippen molar-refractivity contribution in [3.05, 3.63) is 23.8 Å². The van der Waals surface area contributed by atoms with Gasteiger partial charge in [-0.1, -0.05) is 47.3 Å². The molecule has 0 aromatic rings. The van der Waals surface area contributed by atoms with Gasteiger partial charge in [0, 0.05) is 48.6 Å². The summed E-state index contributed by atoms with van der Waals surface area (Å²) in [4.78, 5) is 63.3. The highest BCUT2D eigenvalue weighted by atomic mass is 31.0. The van der Waals surface area contributed by atoms with Crippen molar-refractivity contribution in [1.29, 1.82) is 0 Å². The van der Waals surface area contributed by atoms with Crippen LogP contribution in [0.2, 0.25) is 0 Å². The summed E-state index contributed by atoms with van der Waals surface area (Å²) < 4.78 is 28.4. The molecule has 0 amide bonds. The molecule has 0 saturated heterocycles. The van der Waals surface area contributed by atoms with Gasteiger partial charge >= 0.3 is 29.6 Å². The molecule has 3 rings (SSSR count). The minimum absolute atomic E-state index is 0.0261. The molecule has 3 N–H and O–H groups in total. The third kappa shape index (κ3) is 9.52. The summed E-state index contributed by atoms with van der Waals surface area (Å²) in [5.74, 6) is -4.66. The predicted octanol–water partition coefficient (Wildman–Crippen LogP) is 4.43. The van der Waals surface area contributed by atoms with Crippen molar-refractivity contribution in [2.75, 3.05) is 13.2 Å². The van der Waals surface area contributed by atoms with Gasteiger partial charge in [0.1, 0.15) is 30.5 Å². The Bertz CT molecular complexity index is 1430. The molecule has 0 aromatic carbocycles. The SMILES string of the molecule is C=CCOC(=O)CC(C(C)C)C(O)C(=O)OC1CC2(O)C(OC(=O)P)C3CC(CCCOC(C)=O)CC(O)C3(C)C(P)C(OC(C)=O)C(=C1C)C2(C)C. The van der Waals surface area contributed by atoms with Crippen LogP contribution in [0.25, 0.3) is 0 Å². The number of carbonyl (C=O) groups excluding carboxylic acids is 5. The first kappa shape index (κ1) is 45.0. The summed E-state index contributed by atoms with van der Waals surface area (Å²) in [6.07, 6.45) is -3.45. The average molecular weight is 787 g/mol. The molecule has 0 radical (unpaired) electrons. The Morgan fingerprint density at radius 1 is 1.02 bits per heavy atom. The Morgan fingerprint density at radius 2 is 1.66 bits per heavy atom. The van der Waals surface area contributed by atoms with Crippen LogP contribution in [-0.2, 0) is 42.9 Å². The number of ether oxygens (including phenoxy) is 5. The highest BCUT2D eigenvalue weighted by Crippen LogP contribution is 2.63. The molecule has 0 aromatic heterocycles. The van der Waals surface area contributed by atoms with Gasteiger partial charge in [-0.25, -0.2) is 9.59 Å². The molecule has 300 valence electrons. The largest absolute Gasteiger partial charge is 0.466 e. The summed E-state index contributed by atoms with van der Waals surface area (Å²) in [6.45, 7) is 16.9. The van der Waals surface area contributed by atoms with Gasteiger partial charge in [-0.15, -0.1) is 9.24 Å². The molecule has 13 nitrogen and oxygen atoms in total. The van der Waals surface area contributed by atoms with Gasteiger partial charge < -0.3 is 39.0 Å². The number of aliphatic hydroxyl groups is 3. The zero-order valence-corrected chi connectivity index (χ0v) is 34.6. The first-order valence-electron chi connectivity index (χ1n) is 18.3. The molecule has 13 atom stereocenters. The summed E-state index contributed by atoms with van der Waals surface area (Å²) in [5.41, 5.74) is -4.85. The number of hydrogen-bond acceptors (Lipinski definition) is 13. The van der Waals surface area contributed by atoms with Crippen molar-refractivity contribution >= 4 is 48.1 Å². The minimum atomic E-state index is -1.97. The van der Waals surface area contributed by atoms with Crippen molar-refractivity contribution in [3.8, 4) is 0 Å². The standard InChI is InChI=1S/C38H60O13P2/c1-10-13-48-28(42)17-24(19(2)3)30(43)34(44)50-26-18-38(46)32(51-35(45)53)25-15-23(12-11-14-47-21(5)39)16-27(41)37(25,9)33(52)31(49-22(6)40)29(20(26)4)36(38,7)8/h10,19,23-27,30-33,41,43,46H,1,11-18,52-53H2,2-9H3. The van der Waals surface area contributed by atoms with Crippen molar-refractivity contribution in [3.63, 3.8) is 0 Å². The topological polar surface area (TPSA) is 192 Å². The zero-order chi connectivity index (χ0) is 40.2. The van der Waals surface area contributed by atoms with E-state index in [1.54, 1.807) is 34.6 Å². The van der Waals surface area contributed by atoms with E-state index < -0.39 is 94.0 Å². The average Bonchev–Trinajstić information content (AvgIpc) is 3.05. The second-order valence-corrected chi connectivity index (χ2v) is 17.2. The fraction of sp³-hybridized carbons (Fsp3) is 0.763. The van der Waals surface area contributed by atoms with Crippen molar-refractivity contribution < 1.29 is 63.0 Å². The number of esters is 4. The van der Waals surface area contributed by atoms with E-state index in [2.05, 4.69) is 15.8 Å². The van der Waals surface area contributed by atoms with E-state index in [4.69, 9.17) is 23.7 Å². The normalized spacial score (nSPS) is 33.3. The molecular formula is C38H60O13P2. The van der Waals surface area contributed by atoms with Gasteiger partial charge in [0.2, 0.25) is 0 Å². The third-order valence-electron chi connectivity index (χ3n) is 12.1. The summed E-state index contributed by atoms with van der Waals surface area (Å²) in [6, 6.07) is 0. The molecule has 13 unspecified atom stereocenters. The lowest BCUT2D eigenvalue weighted by Crippen LogP contribution is -2.71. The fourth-order valence-electron chi connectivity index (χ4n) is 9.00. The second-order valence-electron chi connectivity index (χ2n) is 16.0. The molecule has 3 aliphatic rings. The van der Waals surface area contributed by atoms with E-state index in [1.165, 1.54) is 19.9 Å². The molecule has 15 heteroatoms. The van der Waals surface area contributed by atoms with Gasteiger partial charge in [0.25, 0.3) is 0 Å². The molecule has 2 saturated carbocycles. The van der Waals surface area contributed by atoms with Crippen LogP contribution >= 0.6 is 18.5 Å². The zero-order valence-electron chi connectivity index (χ0n) is 32.3. The highest BCUT2D eigenvalue weighted by molar-refractivity contribution is 7.39. The van der Waals surface area contributed by atoms with Crippen LogP contribution in [0.15, 0.2) is 23.8 Å². The van der Waals surface area contributed by atoms with E-state index in [-0.39, 0.29) is 37.9 Å². The van der Waals surface area contributed by atoms with Crippen LogP contribution in [0.4, 0.5) is 4.79 Å². The fourth-order valence-corrected chi connectivity index (χ4v) is 9.88. The molecule has 53 heavy (non-hydrogen) atoms. The van der Waals surface area contributed by atoms with Gasteiger partial charge in [0.15, 0.2) is 6.10 Å².